The van der Waals surface area contributed by atoms with Gasteiger partial charge in [-0.15, -0.1) is 0 Å². The molecule has 2 atom stereocenters. The van der Waals surface area contributed by atoms with Gasteiger partial charge in [0.05, 0.1) is 12.5 Å². The van der Waals surface area contributed by atoms with Crippen LogP contribution in [0, 0.1) is 13.8 Å². The molecular formula is C30H29F6NO3. The number of hydrogen-bond donors (Lipinski definition) is 1. The number of ether oxygens (including phenoxy) is 1. The van der Waals surface area contributed by atoms with Crippen LogP contribution in [-0.2, 0) is 16.8 Å². The van der Waals surface area contributed by atoms with E-state index in [9.17, 15) is 36.2 Å². The van der Waals surface area contributed by atoms with Crippen molar-refractivity contribution in [1.29, 1.82) is 0 Å². The van der Waals surface area contributed by atoms with Crippen molar-refractivity contribution >= 4 is 11.6 Å². The Morgan fingerprint density at radius 2 is 1.57 bits per heavy atom. The first-order chi connectivity index (χ1) is 18.6. The molecule has 0 saturated heterocycles. The molecular weight excluding hydrogens is 536 g/mol. The maximum absolute atomic E-state index is 13.8. The van der Waals surface area contributed by atoms with Gasteiger partial charge in [0.1, 0.15) is 11.9 Å². The number of anilines is 1. The molecule has 1 amide bonds. The van der Waals surface area contributed by atoms with E-state index < -0.39 is 41.4 Å². The Hall–Kier alpha value is -3.53. The predicted molar refractivity (Wildman–Crippen MR) is 138 cm³/mol. The fraction of sp³-hybridized carbons (Fsp3) is 0.367. The second-order valence-electron chi connectivity index (χ2n) is 10.2. The second kappa shape index (κ2) is 10.8. The third-order valence-corrected chi connectivity index (χ3v) is 7.45. The number of carbonyl (C=O) groups excluding carboxylic acids is 1. The minimum atomic E-state index is -6.02. The zero-order valence-electron chi connectivity index (χ0n) is 22.1. The molecule has 1 heterocycles. The van der Waals surface area contributed by atoms with E-state index in [1.54, 1.807) is 43.3 Å². The van der Waals surface area contributed by atoms with Crippen molar-refractivity contribution in [3.63, 3.8) is 0 Å². The van der Waals surface area contributed by atoms with Crippen LogP contribution in [0.25, 0.3) is 0 Å². The Labute approximate surface area is 228 Å². The van der Waals surface area contributed by atoms with Crippen molar-refractivity contribution in [2.45, 2.75) is 63.6 Å². The van der Waals surface area contributed by atoms with E-state index in [1.165, 1.54) is 4.90 Å². The molecule has 40 heavy (non-hydrogen) atoms. The van der Waals surface area contributed by atoms with Crippen LogP contribution in [0.5, 0.6) is 5.75 Å². The monoisotopic (exact) mass is 565 g/mol. The molecule has 4 nitrogen and oxygen atoms in total. The lowest BCUT2D eigenvalue weighted by atomic mass is 9.89. The number of aliphatic hydroxyl groups is 1. The highest BCUT2D eigenvalue weighted by molar-refractivity contribution is 5.98. The summed E-state index contributed by atoms with van der Waals surface area (Å²) in [6.45, 7) is 5.56. The number of halogens is 6. The highest BCUT2D eigenvalue weighted by Gasteiger charge is 2.71. The van der Waals surface area contributed by atoms with Gasteiger partial charge in [0.2, 0.25) is 5.91 Å². The number of hydrogen-bond acceptors (Lipinski definition) is 3. The van der Waals surface area contributed by atoms with Gasteiger partial charge in [0.15, 0.2) is 0 Å². The topological polar surface area (TPSA) is 49.8 Å². The van der Waals surface area contributed by atoms with Crippen molar-refractivity contribution in [1.82, 2.24) is 0 Å². The predicted octanol–water partition coefficient (Wildman–Crippen LogP) is 7.15. The fourth-order valence-corrected chi connectivity index (χ4v) is 4.87. The molecule has 0 radical (unpaired) electrons. The molecule has 0 spiro atoms. The van der Waals surface area contributed by atoms with Crippen molar-refractivity contribution in [2.75, 3.05) is 11.4 Å². The zero-order chi connectivity index (χ0) is 29.5. The van der Waals surface area contributed by atoms with Crippen LogP contribution in [-0.4, -0.2) is 36.0 Å². The van der Waals surface area contributed by atoms with E-state index >= 15 is 0 Å². The lowest BCUT2D eigenvalue weighted by Gasteiger charge is -2.34. The maximum Gasteiger partial charge on any atom is 0.430 e. The van der Waals surface area contributed by atoms with Gasteiger partial charge in [-0.3, -0.25) is 4.79 Å². The van der Waals surface area contributed by atoms with Crippen LogP contribution >= 0.6 is 0 Å². The molecule has 1 N–H and O–H groups in total. The number of benzene rings is 3. The van der Waals surface area contributed by atoms with E-state index in [0.29, 0.717) is 23.4 Å². The summed E-state index contributed by atoms with van der Waals surface area (Å²) in [6.07, 6.45) is -12.4. The number of aryl methyl sites for hydroxylation is 3. The summed E-state index contributed by atoms with van der Waals surface area (Å²) < 4.78 is 87.8. The number of alkyl halides is 6. The van der Waals surface area contributed by atoms with E-state index in [0.717, 1.165) is 17.2 Å². The molecule has 0 aromatic heterocycles. The second-order valence-corrected chi connectivity index (χ2v) is 10.2. The van der Waals surface area contributed by atoms with Crippen molar-refractivity contribution in [3.05, 3.63) is 94.5 Å². The molecule has 1 aliphatic heterocycles. The van der Waals surface area contributed by atoms with E-state index in [-0.39, 0.29) is 30.6 Å². The molecule has 4 rings (SSSR count). The molecule has 2 unspecified atom stereocenters. The summed E-state index contributed by atoms with van der Waals surface area (Å²) in [5.74, 6) is -0.513. The average Bonchev–Trinajstić information content (AvgIpc) is 3.07. The summed E-state index contributed by atoms with van der Waals surface area (Å²) in [6, 6.07) is 16.6. The number of amides is 1. The van der Waals surface area contributed by atoms with Crippen LogP contribution in [0.3, 0.4) is 0 Å². The molecule has 3 aromatic rings. The minimum Gasteiger partial charge on any atom is -0.489 e. The molecule has 0 aliphatic carbocycles. The van der Waals surface area contributed by atoms with Gasteiger partial charge in [0.25, 0.3) is 5.60 Å². The Bertz CT molecular complexity index is 1360. The summed E-state index contributed by atoms with van der Waals surface area (Å²) in [4.78, 5) is 15.1. The van der Waals surface area contributed by atoms with Gasteiger partial charge in [0, 0.05) is 11.3 Å². The third-order valence-electron chi connectivity index (χ3n) is 7.45. The number of fused-ring (bicyclic) bond motifs is 1. The highest BCUT2D eigenvalue weighted by atomic mass is 19.4. The Morgan fingerprint density at radius 1 is 0.925 bits per heavy atom. The standard InChI is InChI=1S/C30H29F6NO3/c1-18-9-12-24(15-19(18)2)40-25-13-10-22-16-23(28(39,29(31,32)33)30(34,35)36)11-14-26(22)37(17-25)27(38)20(3)21-7-5-4-6-8-21/h4-9,11-12,14-16,20,25,39H,10,13,17H2,1-3H3. The average molecular weight is 566 g/mol. The van der Waals surface area contributed by atoms with Crippen molar-refractivity contribution in [3.8, 4) is 5.75 Å². The smallest absolute Gasteiger partial charge is 0.430 e. The molecule has 3 aromatic carbocycles. The lowest BCUT2D eigenvalue weighted by molar-refractivity contribution is -0.376. The summed E-state index contributed by atoms with van der Waals surface area (Å²) in [5.41, 5.74) is -3.46. The van der Waals surface area contributed by atoms with Crippen molar-refractivity contribution < 1.29 is 41.0 Å². The summed E-state index contributed by atoms with van der Waals surface area (Å²) >= 11 is 0. The Morgan fingerprint density at radius 3 is 2.17 bits per heavy atom. The minimum absolute atomic E-state index is 0.0218. The quantitative estimate of drug-likeness (QED) is 0.335. The van der Waals surface area contributed by atoms with Crippen LogP contribution in [0.15, 0.2) is 66.7 Å². The fourth-order valence-electron chi connectivity index (χ4n) is 4.87. The molecule has 0 fully saturated rings. The van der Waals surface area contributed by atoms with Gasteiger partial charge in [-0.05, 0) is 74.1 Å². The third kappa shape index (κ3) is 5.54. The first-order valence-electron chi connectivity index (χ1n) is 12.7. The van der Waals surface area contributed by atoms with Crippen molar-refractivity contribution in [2.24, 2.45) is 0 Å². The Balaban J connectivity index is 1.77. The van der Waals surface area contributed by atoms with Crippen LogP contribution < -0.4 is 9.64 Å². The first-order valence-corrected chi connectivity index (χ1v) is 12.7. The van der Waals surface area contributed by atoms with Gasteiger partial charge in [-0.2, -0.15) is 26.3 Å². The lowest BCUT2D eigenvalue weighted by Crippen LogP contribution is -2.54. The normalized spacial score (nSPS) is 17.1. The summed E-state index contributed by atoms with van der Waals surface area (Å²) in [5, 5.41) is 9.98. The molecule has 0 saturated carbocycles. The molecule has 0 bridgehead atoms. The number of carbonyl (C=O) groups is 1. The van der Waals surface area contributed by atoms with Crippen LogP contribution in [0.2, 0.25) is 0 Å². The van der Waals surface area contributed by atoms with E-state index in [2.05, 4.69) is 0 Å². The van der Waals surface area contributed by atoms with E-state index in [4.69, 9.17) is 4.74 Å². The molecule has 214 valence electrons. The van der Waals surface area contributed by atoms with Gasteiger partial charge in [-0.25, -0.2) is 0 Å². The highest BCUT2D eigenvalue weighted by Crippen LogP contribution is 2.51. The van der Waals surface area contributed by atoms with E-state index in [1.807, 2.05) is 26.0 Å². The summed E-state index contributed by atoms with van der Waals surface area (Å²) in [7, 11) is 0. The number of rotatable bonds is 5. The van der Waals surface area contributed by atoms with Crippen LogP contribution in [0.1, 0.15) is 47.1 Å². The SMILES string of the molecule is Cc1ccc(OC2CCc3cc(C(O)(C(F)(F)F)C(F)(F)F)ccc3N(C(=O)C(C)c3ccccc3)C2)cc1C. The van der Waals surface area contributed by atoms with Crippen LogP contribution in [0.4, 0.5) is 32.0 Å². The van der Waals surface area contributed by atoms with Gasteiger partial charge < -0.3 is 14.7 Å². The Kier molecular flexibility index (Phi) is 7.95. The zero-order valence-corrected chi connectivity index (χ0v) is 22.1. The van der Waals surface area contributed by atoms with Gasteiger partial charge >= 0.3 is 12.4 Å². The van der Waals surface area contributed by atoms with Gasteiger partial charge in [-0.1, -0.05) is 48.5 Å². The number of nitrogens with zero attached hydrogens (tertiary/aromatic N) is 1. The largest absolute Gasteiger partial charge is 0.489 e. The maximum atomic E-state index is 13.8. The molecule has 1 aliphatic rings. The molecule has 10 heteroatoms. The first kappa shape index (κ1) is 29.5.